The molecule has 2 aromatic rings. The van der Waals surface area contributed by atoms with Gasteiger partial charge in [0.25, 0.3) is 0 Å². The number of benzene rings is 1. The van der Waals surface area contributed by atoms with Crippen LogP contribution in [0.4, 0.5) is 13.2 Å². The van der Waals surface area contributed by atoms with Crippen LogP contribution in [0, 0.1) is 16.7 Å². The van der Waals surface area contributed by atoms with Crippen molar-refractivity contribution in [1.29, 1.82) is 0 Å². The number of para-hydroxylation sites is 1. The van der Waals surface area contributed by atoms with E-state index in [0.717, 1.165) is 0 Å². The predicted molar refractivity (Wildman–Crippen MR) is 129 cm³/mol. The van der Waals surface area contributed by atoms with Crippen LogP contribution in [0.3, 0.4) is 0 Å². The molecular weight excluding hydrogens is 691 g/mol. The third-order valence-corrected chi connectivity index (χ3v) is 10.5. The number of aromatic nitrogens is 1. The van der Waals surface area contributed by atoms with Gasteiger partial charge in [-0.25, -0.2) is 4.98 Å². The van der Waals surface area contributed by atoms with Crippen molar-refractivity contribution >= 4 is 69.7 Å². The van der Waals surface area contributed by atoms with Gasteiger partial charge < -0.3 is 9.84 Å². The highest BCUT2D eigenvalue weighted by Gasteiger charge is 2.85. The lowest BCUT2D eigenvalue weighted by Crippen LogP contribution is -2.40. The summed E-state index contributed by atoms with van der Waals surface area (Å²) in [7, 11) is 0. The number of rotatable bonds is 6. The molecule has 1 aromatic heterocycles. The van der Waals surface area contributed by atoms with Crippen LogP contribution >= 0.6 is 63.7 Å². The number of hydrogen-bond acceptors (Lipinski definition) is 3. The van der Waals surface area contributed by atoms with Gasteiger partial charge in [-0.05, 0) is 29.5 Å². The molecule has 4 atom stereocenters. The van der Waals surface area contributed by atoms with Crippen molar-refractivity contribution in [1.82, 2.24) is 4.98 Å². The van der Waals surface area contributed by atoms with E-state index < -0.39 is 47.5 Å². The fourth-order valence-corrected chi connectivity index (χ4v) is 6.49. The van der Waals surface area contributed by atoms with Crippen LogP contribution in [-0.4, -0.2) is 29.2 Å². The number of carboxylic acids is 1. The molecule has 0 amide bonds. The summed E-state index contributed by atoms with van der Waals surface area (Å²) in [4.78, 5) is 15.9. The van der Waals surface area contributed by atoms with E-state index >= 15 is 0 Å². The normalized spacial score (nSPS) is 24.5. The lowest BCUT2D eigenvalue weighted by Gasteiger charge is -2.30. The van der Waals surface area contributed by atoms with Crippen LogP contribution in [0.25, 0.3) is 0 Å². The molecule has 0 bridgehead atoms. The lowest BCUT2D eigenvalue weighted by atomic mass is 9.79. The molecule has 1 heterocycles. The van der Waals surface area contributed by atoms with Crippen molar-refractivity contribution in [3.8, 4) is 11.6 Å². The zero-order chi connectivity index (χ0) is 24.1. The van der Waals surface area contributed by atoms with Crippen molar-refractivity contribution in [2.24, 2.45) is 16.7 Å². The van der Waals surface area contributed by atoms with Gasteiger partial charge in [-0.3, -0.25) is 4.79 Å². The van der Waals surface area contributed by atoms with Crippen LogP contribution in [0.5, 0.6) is 11.6 Å². The molecule has 4 nitrogen and oxygen atoms in total. The number of carbonyl (C=O) groups is 1. The first-order valence-corrected chi connectivity index (χ1v) is 12.7. The number of halogens is 7. The van der Waals surface area contributed by atoms with Crippen molar-refractivity contribution in [2.75, 3.05) is 0 Å². The molecule has 11 heteroatoms. The fraction of sp³-hybridized carbons (Fsp3) is 0.429. The Morgan fingerprint density at radius 3 is 2.19 bits per heavy atom. The Kier molecular flexibility index (Phi) is 7.18. The summed E-state index contributed by atoms with van der Waals surface area (Å²) in [5.41, 5.74) is -3.79. The first-order valence-electron chi connectivity index (χ1n) is 9.36. The summed E-state index contributed by atoms with van der Waals surface area (Å²) in [6.45, 7) is 3.06. The quantitative estimate of drug-likeness (QED) is 0.311. The Bertz CT molecular complexity index is 998. The Morgan fingerprint density at radius 2 is 1.69 bits per heavy atom. The van der Waals surface area contributed by atoms with Crippen LogP contribution in [0.15, 0.2) is 48.5 Å². The van der Waals surface area contributed by atoms with Crippen LogP contribution in [0.1, 0.15) is 25.5 Å². The number of ether oxygens (including phenoxy) is 1. The number of alkyl halides is 7. The summed E-state index contributed by atoms with van der Waals surface area (Å²) in [5.74, 6) is -4.45. The molecule has 0 saturated heterocycles. The van der Waals surface area contributed by atoms with Gasteiger partial charge in [0.1, 0.15) is 13.8 Å². The summed E-state index contributed by atoms with van der Waals surface area (Å²) < 4.78 is 48.2. The zero-order valence-corrected chi connectivity index (χ0v) is 23.1. The molecule has 1 aliphatic rings. The second-order valence-electron chi connectivity index (χ2n) is 8.11. The fourth-order valence-electron chi connectivity index (χ4n) is 4.62. The predicted octanol–water partition coefficient (Wildman–Crippen LogP) is 7.85. The van der Waals surface area contributed by atoms with E-state index in [1.807, 2.05) is 0 Å². The molecule has 1 N–H and O–H groups in total. The van der Waals surface area contributed by atoms with Gasteiger partial charge in [-0.1, -0.05) is 102 Å². The van der Waals surface area contributed by atoms with E-state index in [9.17, 15) is 23.1 Å². The highest BCUT2D eigenvalue weighted by atomic mass is 80.0. The van der Waals surface area contributed by atoms with Gasteiger partial charge in [0.05, 0.1) is 15.9 Å². The van der Waals surface area contributed by atoms with Gasteiger partial charge in [-0.2, -0.15) is 13.2 Å². The minimum absolute atomic E-state index is 0.0512. The number of pyridine rings is 1. The smallest absolute Gasteiger partial charge is 0.398 e. The van der Waals surface area contributed by atoms with E-state index in [-0.39, 0.29) is 5.88 Å². The third kappa shape index (κ3) is 4.51. The highest BCUT2D eigenvalue weighted by molar-refractivity contribution is 9.40. The summed E-state index contributed by atoms with van der Waals surface area (Å²) in [6, 6.07) is 12.5. The Balaban J connectivity index is 2.12. The van der Waals surface area contributed by atoms with Gasteiger partial charge >= 0.3 is 12.1 Å². The Labute approximate surface area is 216 Å². The van der Waals surface area contributed by atoms with Crippen LogP contribution < -0.4 is 4.74 Å². The lowest BCUT2D eigenvalue weighted by molar-refractivity contribution is -0.185. The maximum absolute atomic E-state index is 14.5. The SMILES string of the molecule is CC1(C)C(C(Br)C(Br)(Br)Br)C1(C(=O)O)[C@H](c1cccc(Oc2ccccc2)n1)C(F)(F)F. The van der Waals surface area contributed by atoms with E-state index in [1.54, 1.807) is 30.3 Å². The van der Waals surface area contributed by atoms with E-state index in [4.69, 9.17) is 4.74 Å². The first-order chi connectivity index (χ1) is 14.6. The zero-order valence-electron chi connectivity index (χ0n) is 16.7. The third-order valence-electron chi connectivity index (χ3n) is 6.00. The molecule has 0 radical (unpaired) electrons. The van der Waals surface area contributed by atoms with Crippen molar-refractivity contribution in [2.45, 2.75) is 32.9 Å². The van der Waals surface area contributed by atoms with Crippen molar-refractivity contribution < 1.29 is 27.8 Å². The van der Waals surface area contributed by atoms with Crippen LogP contribution in [-0.2, 0) is 4.79 Å². The summed E-state index contributed by atoms with van der Waals surface area (Å²) in [6.07, 6.45) is -4.87. The largest absolute Gasteiger partial charge is 0.481 e. The average Bonchev–Trinajstić information content (AvgIpc) is 3.17. The Morgan fingerprint density at radius 1 is 1.09 bits per heavy atom. The molecule has 0 aliphatic heterocycles. The highest BCUT2D eigenvalue weighted by Crippen LogP contribution is 2.80. The van der Waals surface area contributed by atoms with Gasteiger partial charge in [0.15, 0.2) is 0 Å². The molecule has 32 heavy (non-hydrogen) atoms. The molecule has 1 aliphatic carbocycles. The summed E-state index contributed by atoms with van der Waals surface area (Å²) >= 11 is 13.3. The molecule has 3 unspecified atom stereocenters. The average molecular weight is 709 g/mol. The number of aliphatic carboxylic acids is 1. The molecule has 3 rings (SSSR count). The van der Waals surface area contributed by atoms with Gasteiger partial charge in [-0.15, -0.1) is 0 Å². The number of hydrogen-bond donors (Lipinski definition) is 1. The molecule has 1 saturated carbocycles. The second kappa shape index (κ2) is 8.85. The van der Waals surface area contributed by atoms with Gasteiger partial charge in [0.2, 0.25) is 5.88 Å². The maximum atomic E-state index is 14.5. The monoisotopic (exact) mass is 705 g/mol. The first kappa shape index (κ1) is 26.0. The second-order valence-corrected chi connectivity index (χ2v) is 16.0. The number of carboxylic acid groups (broad SMARTS) is 1. The van der Waals surface area contributed by atoms with E-state index in [2.05, 4.69) is 68.7 Å². The van der Waals surface area contributed by atoms with Crippen LogP contribution in [0.2, 0.25) is 0 Å². The molecule has 174 valence electrons. The molecule has 1 fully saturated rings. The standard InChI is InChI=1S/C21H18Br4F3NO3/c1-18(2)15(16(22)20(23,24)25)19(18,17(30)31)14(21(26,27)28)12-9-6-10-13(29-12)32-11-7-4-3-5-8-11/h3-10,14-16H,1-2H3,(H,30,31)/t14-,15?,16?,19?/m0/s1. The maximum Gasteiger partial charge on any atom is 0.398 e. The minimum Gasteiger partial charge on any atom is -0.481 e. The van der Waals surface area contributed by atoms with E-state index in [1.165, 1.54) is 32.0 Å². The van der Waals surface area contributed by atoms with Crippen molar-refractivity contribution in [3.05, 3.63) is 54.2 Å². The minimum atomic E-state index is -4.87. The van der Waals surface area contributed by atoms with Crippen molar-refractivity contribution in [3.63, 3.8) is 0 Å². The topological polar surface area (TPSA) is 59.4 Å². The number of nitrogens with zero attached hydrogens (tertiary/aromatic N) is 1. The van der Waals surface area contributed by atoms with E-state index in [0.29, 0.717) is 5.75 Å². The molecule has 1 aromatic carbocycles. The Hall–Kier alpha value is -0.650. The van der Waals surface area contributed by atoms with Gasteiger partial charge in [0, 0.05) is 6.07 Å². The molecule has 0 spiro atoms. The molecular formula is C21H18Br4F3NO3. The summed E-state index contributed by atoms with van der Waals surface area (Å²) in [5, 5.41) is 10.2.